The Morgan fingerprint density at radius 1 is 1.03 bits per heavy atom. The van der Waals surface area contributed by atoms with E-state index in [9.17, 15) is 12.8 Å². The Morgan fingerprint density at radius 3 is 2.60 bits per heavy atom. The summed E-state index contributed by atoms with van der Waals surface area (Å²) in [5.41, 5.74) is 1.16. The second-order valence-electron chi connectivity index (χ2n) is 6.12. The van der Waals surface area contributed by atoms with Crippen molar-refractivity contribution in [3.63, 3.8) is 0 Å². The first-order valence-electron chi connectivity index (χ1n) is 8.80. The van der Waals surface area contributed by atoms with E-state index in [1.54, 1.807) is 30.3 Å². The fourth-order valence-electron chi connectivity index (χ4n) is 2.73. The number of nitrogens with one attached hydrogen (secondary N) is 1. The smallest absolute Gasteiger partial charge is 0.243 e. The van der Waals surface area contributed by atoms with E-state index in [0.717, 1.165) is 6.07 Å². The van der Waals surface area contributed by atoms with Crippen LogP contribution in [0, 0.1) is 5.82 Å². The van der Waals surface area contributed by atoms with Crippen molar-refractivity contribution in [1.29, 1.82) is 0 Å². The molecule has 11 heteroatoms. The van der Waals surface area contributed by atoms with Crippen LogP contribution in [0.3, 0.4) is 0 Å². The Kier molecular flexibility index (Phi) is 5.62. The minimum Gasteiger partial charge on any atom is -0.475 e. The van der Waals surface area contributed by atoms with Crippen LogP contribution in [-0.4, -0.2) is 41.4 Å². The number of aromatic nitrogens is 4. The fourth-order valence-corrected chi connectivity index (χ4v) is 4.04. The third-order valence-corrected chi connectivity index (χ3v) is 5.95. The molecule has 1 N–H and O–H groups in total. The third kappa shape index (κ3) is 4.11. The van der Waals surface area contributed by atoms with Gasteiger partial charge in [-0.15, -0.1) is 15.3 Å². The lowest BCUT2D eigenvalue weighted by Crippen LogP contribution is -2.29. The van der Waals surface area contributed by atoms with E-state index in [0.29, 0.717) is 22.1 Å². The minimum atomic E-state index is -3.98. The highest BCUT2D eigenvalue weighted by molar-refractivity contribution is 7.89. The monoisotopic (exact) mass is 447 g/mol. The molecule has 2 aromatic heterocycles. The summed E-state index contributed by atoms with van der Waals surface area (Å²) in [5, 5.41) is 13.0. The fraction of sp³-hybridized carbons (Fsp3) is 0.105. The van der Waals surface area contributed by atoms with Crippen molar-refractivity contribution < 1.29 is 17.5 Å². The summed E-state index contributed by atoms with van der Waals surface area (Å²) in [5.74, 6) is -0.139. The second kappa shape index (κ2) is 8.34. The molecule has 0 atom stereocenters. The molecule has 0 amide bonds. The summed E-state index contributed by atoms with van der Waals surface area (Å²) in [6, 6.07) is 15.6. The number of sulfonamides is 1. The van der Waals surface area contributed by atoms with Crippen molar-refractivity contribution in [1.82, 2.24) is 24.5 Å². The van der Waals surface area contributed by atoms with Crippen molar-refractivity contribution in [2.24, 2.45) is 0 Å². The SMILES string of the molecule is O=S(=O)(NCCOc1ccc2nnc(-c3ccccc3Cl)n2n1)c1ccccc1F. The largest absolute Gasteiger partial charge is 0.475 e. The number of ether oxygens (including phenoxy) is 1. The molecular weight excluding hydrogens is 433 g/mol. The second-order valence-corrected chi connectivity index (χ2v) is 8.26. The van der Waals surface area contributed by atoms with Crippen LogP contribution in [-0.2, 0) is 10.0 Å². The molecule has 2 aromatic carbocycles. The molecule has 0 aliphatic carbocycles. The Hall–Kier alpha value is -3.08. The summed E-state index contributed by atoms with van der Waals surface area (Å²) in [6.07, 6.45) is 0. The van der Waals surface area contributed by atoms with Gasteiger partial charge >= 0.3 is 0 Å². The lowest BCUT2D eigenvalue weighted by Gasteiger charge is -2.09. The molecule has 4 aromatic rings. The molecule has 0 unspecified atom stereocenters. The molecule has 0 aliphatic rings. The zero-order valence-electron chi connectivity index (χ0n) is 15.4. The summed E-state index contributed by atoms with van der Waals surface area (Å²) >= 11 is 6.23. The van der Waals surface area contributed by atoms with Crippen LogP contribution < -0.4 is 9.46 Å². The van der Waals surface area contributed by atoms with Crippen LogP contribution in [0.1, 0.15) is 0 Å². The van der Waals surface area contributed by atoms with Crippen LogP contribution >= 0.6 is 11.6 Å². The highest BCUT2D eigenvalue weighted by Gasteiger charge is 2.18. The van der Waals surface area contributed by atoms with Crippen LogP contribution in [0.15, 0.2) is 65.6 Å². The van der Waals surface area contributed by atoms with Crippen molar-refractivity contribution in [3.05, 3.63) is 71.5 Å². The number of halogens is 2. The maximum atomic E-state index is 13.7. The summed E-state index contributed by atoms with van der Waals surface area (Å²) in [4.78, 5) is -0.418. The lowest BCUT2D eigenvalue weighted by molar-refractivity contribution is 0.306. The Bertz CT molecular complexity index is 1310. The first kappa shape index (κ1) is 20.2. The highest BCUT2D eigenvalue weighted by Crippen LogP contribution is 2.26. The molecule has 0 aliphatic heterocycles. The van der Waals surface area contributed by atoms with Crippen LogP contribution in [0.4, 0.5) is 4.39 Å². The first-order valence-corrected chi connectivity index (χ1v) is 10.7. The molecule has 0 saturated heterocycles. The summed E-state index contributed by atoms with van der Waals surface area (Å²) < 4.78 is 47.4. The number of rotatable bonds is 7. The van der Waals surface area contributed by atoms with E-state index in [2.05, 4.69) is 20.0 Å². The third-order valence-electron chi connectivity index (χ3n) is 4.12. The van der Waals surface area contributed by atoms with E-state index >= 15 is 0 Å². The van der Waals surface area contributed by atoms with Gasteiger partial charge in [0.1, 0.15) is 17.3 Å². The number of nitrogens with zero attached hydrogens (tertiary/aromatic N) is 4. The van der Waals surface area contributed by atoms with Gasteiger partial charge in [-0.05, 0) is 30.3 Å². The average molecular weight is 448 g/mol. The molecule has 8 nitrogen and oxygen atoms in total. The molecule has 4 rings (SSSR count). The predicted octanol–water partition coefficient (Wildman–Crippen LogP) is 2.94. The number of hydrogen-bond donors (Lipinski definition) is 1. The van der Waals surface area contributed by atoms with Crippen LogP contribution in [0.5, 0.6) is 5.88 Å². The lowest BCUT2D eigenvalue weighted by atomic mass is 10.2. The zero-order chi connectivity index (χ0) is 21.1. The molecule has 0 radical (unpaired) electrons. The molecule has 0 fully saturated rings. The normalized spacial score (nSPS) is 11.7. The molecule has 2 heterocycles. The van der Waals surface area contributed by atoms with Crippen molar-refractivity contribution >= 4 is 27.3 Å². The first-order chi connectivity index (χ1) is 14.5. The van der Waals surface area contributed by atoms with Crippen molar-refractivity contribution in [2.75, 3.05) is 13.2 Å². The molecule has 154 valence electrons. The van der Waals surface area contributed by atoms with E-state index in [1.165, 1.54) is 22.7 Å². The maximum Gasteiger partial charge on any atom is 0.243 e. The minimum absolute atomic E-state index is 0.0181. The number of fused-ring (bicyclic) bond motifs is 1. The van der Waals surface area contributed by atoms with Gasteiger partial charge in [0.05, 0.1) is 5.02 Å². The molecular formula is C19H15ClFN5O3S. The van der Waals surface area contributed by atoms with E-state index in [1.807, 2.05) is 6.07 Å². The van der Waals surface area contributed by atoms with Crippen molar-refractivity contribution in [2.45, 2.75) is 4.90 Å². The van der Waals surface area contributed by atoms with Gasteiger partial charge in [-0.25, -0.2) is 17.5 Å². The molecule has 0 bridgehead atoms. The highest BCUT2D eigenvalue weighted by atomic mass is 35.5. The van der Waals surface area contributed by atoms with E-state index in [-0.39, 0.29) is 19.0 Å². The number of benzene rings is 2. The van der Waals surface area contributed by atoms with Gasteiger partial charge in [-0.3, -0.25) is 0 Å². The Balaban J connectivity index is 1.46. The van der Waals surface area contributed by atoms with Gasteiger partial charge in [-0.2, -0.15) is 4.52 Å². The topological polar surface area (TPSA) is 98.5 Å². The summed E-state index contributed by atoms with van der Waals surface area (Å²) in [6.45, 7) is -0.0916. The van der Waals surface area contributed by atoms with Gasteiger partial charge in [0.15, 0.2) is 11.5 Å². The quantitative estimate of drug-likeness (QED) is 0.437. The van der Waals surface area contributed by atoms with Gasteiger partial charge in [0.2, 0.25) is 15.9 Å². The van der Waals surface area contributed by atoms with Gasteiger partial charge in [0, 0.05) is 18.2 Å². The van der Waals surface area contributed by atoms with E-state index in [4.69, 9.17) is 16.3 Å². The van der Waals surface area contributed by atoms with Crippen molar-refractivity contribution in [3.8, 4) is 17.3 Å². The maximum absolute atomic E-state index is 13.7. The molecule has 0 spiro atoms. The predicted molar refractivity (Wildman–Crippen MR) is 108 cm³/mol. The van der Waals surface area contributed by atoms with Gasteiger partial charge in [-0.1, -0.05) is 35.9 Å². The van der Waals surface area contributed by atoms with Gasteiger partial charge < -0.3 is 4.74 Å². The average Bonchev–Trinajstić information content (AvgIpc) is 3.15. The van der Waals surface area contributed by atoms with Crippen LogP contribution in [0.2, 0.25) is 5.02 Å². The summed E-state index contributed by atoms with van der Waals surface area (Å²) in [7, 11) is -3.98. The van der Waals surface area contributed by atoms with Gasteiger partial charge in [0.25, 0.3) is 0 Å². The molecule has 30 heavy (non-hydrogen) atoms. The molecule has 0 saturated carbocycles. The Morgan fingerprint density at radius 2 is 1.80 bits per heavy atom. The van der Waals surface area contributed by atoms with Crippen LogP contribution in [0.25, 0.3) is 17.0 Å². The standard InChI is InChI=1S/C19H15ClFN5O3S/c20-14-6-2-1-5-13(14)19-24-23-17-9-10-18(25-26(17)19)29-12-11-22-30(27,28)16-8-4-3-7-15(16)21/h1-10,22H,11-12H2. The number of hydrogen-bond acceptors (Lipinski definition) is 6. The zero-order valence-corrected chi connectivity index (χ0v) is 16.9. The van der Waals surface area contributed by atoms with E-state index < -0.39 is 20.7 Å². The Labute approximate surface area is 176 Å².